The van der Waals surface area contributed by atoms with E-state index in [1.165, 1.54) is 18.4 Å². The van der Waals surface area contributed by atoms with Crippen LogP contribution in [-0.4, -0.2) is 23.0 Å². The number of hydrogen-bond acceptors (Lipinski definition) is 5. The molecule has 0 spiro atoms. The third-order valence-corrected chi connectivity index (χ3v) is 3.30. The van der Waals surface area contributed by atoms with Crippen LogP contribution in [0.4, 0.5) is 0 Å². The van der Waals surface area contributed by atoms with Gasteiger partial charge in [-0.05, 0) is 31.5 Å². The van der Waals surface area contributed by atoms with E-state index >= 15 is 0 Å². The van der Waals surface area contributed by atoms with Gasteiger partial charge < -0.3 is 4.74 Å². The molecule has 0 radical (unpaired) electrons. The molecule has 0 fully saturated rings. The Kier molecular flexibility index (Phi) is 3.19. The van der Waals surface area contributed by atoms with Crippen LogP contribution in [0.3, 0.4) is 0 Å². The zero-order valence-corrected chi connectivity index (χ0v) is 10.7. The average Bonchev–Trinajstić information content (AvgIpc) is 2.70. The average molecular weight is 248 g/mol. The minimum atomic E-state index is -0.405. The van der Waals surface area contributed by atoms with Gasteiger partial charge in [0.25, 0.3) is 0 Å². The number of ether oxygens (including phenoxy) is 1. The van der Waals surface area contributed by atoms with Crippen molar-refractivity contribution in [3.8, 4) is 10.7 Å². The smallest absolute Gasteiger partial charge is 0.357 e. The Morgan fingerprint density at radius 2 is 2.18 bits per heavy atom. The van der Waals surface area contributed by atoms with Gasteiger partial charge in [-0.1, -0.05) is 0 Å². The lowest BCUT2D eigenvalue weighted by molar-refractivity contribution is 0.0594. The van der Waals surface area contributed by atoms with Crippen molar-refractivity contribution in [3.63, 3.8) is 0 Å². The molecule has 0 aliphatic carbocycles. The van der Waals surface area contributed by atoms with Crippen LogP contribution in [0.2, 0.25) is 0 Å². The van der Waals surface area contributed by atoms with Crippen molar-refractivity contribution in [3.05, 3.63) is 34.5 Å². The maximum Gasteiger partial charge on any atom is 0.357 e. The third kappa shape index (κ3) is 2.34. The SMILES string of the molecule is COC(=O)c1nc(-c2cc(C)ccn2)sc1C. The van der Waals surface area contributed by atoms with Gasteiger partial charge in [0.1, 0.15) is 5.01 Å². The topological polar surface area (TPSA) is 52.1 Å². The van der Waals surface area contributed by atoms with Crippen LogP contribution in [0.5, 0.6) is 0 Å². The Balaban J connectivity index is 2.44. The fourth-order valence-corrected chi connectivity index (χ4v) is 2.31. The third-order valence-electron chi connectivity index (χ3n) is 2.31. The molecule has 2 aromatic heterocycles. The van der Waals surface area contributed by atoms with Gasteiger partial charge in [-0.3, -0.25) is 4.98 Å². The Labute approximate surface area is 103 Å². The minimum Gasteiger partial charge on any atom is -0.464 e. The van der Waals surface area contributed by atoms with Gasteiger partial charge in [0.15, 0.2) is 5.69 Å². The van der Waals surface area contributed by atoms with E-state index < -0.39 is 5.97 Å². The molecule has 2 heterocycles. The van der Waals surface area contributed by atoms with Crippen LogP contribution in [-0.2, 0) is 4.74 Å². The number of esters is 1. The van der Waals surface area contributed by atoms with E-state index in [1.807, 2.05) is 26.0 Å². The normalized spacial score (nSPS) is 10.3. The predicted octanol–water partition coefficient (Wildman–Crippen LogP) is 2.61. The summed E-state index contributed by atoms with van der Waals surface area (Å²) in [5, 5.41) is 0.742. The lowest BCUT2D eigenvalue weighted by Crippen LogP contribution is -2.03. The van der Waals surface area contributed by atoms with Gasteiger partial charge in [0, 0.05) is 11.1 Å². The lowest BCUT2D eigenvalue weighted by Gasteiger charge is -1.96. The minimum absolute atomic E-state index is 0.371. The number of carbonyl (C=O) groups excluding carboxylic acids is 1. The molecule has 17 heavy (non-hydrogen) atoms. The van der Waals surface area contributed by atoms with Crippen molar-refractivity contribution < 1.29 is 9.53 Å². The van der Waals surface area contributed by atoms with Crippen LogP contribution in [0.15, 0.2) is 18.3 Å². The molecule has 4 nitrogen and oxygen atoms in total. The standard InChI is InChI=1S/C12H12N2O2S/c1-7-4-5-13-9(6-7)11-14-10(8(2)17-11)12(15)16-3/h4-6H,1-3H3. The first kappa shape index (κ1) is 11.7. The first-order chi connectivity index (χ1) is 8.11. The highest BCUT2D eigenvalue weighted by Gasteiger charge is 2.17. The maximum atomic E-state index is 11.4. The molecule has 0 bridgehead atoms. The summed E-state index contributed by atoms with van der Waals surface area (Å²) in [5.74, 6) is -0.405. The van der Waals surface area contributed by atoms with Crippen LogP contribution in [0, 0.1) is 13.8 Å². The lowest BCUT2D eigenvalue weighted by atomic mass is 10.2. The fourth-order valence-electron chi connectivity index (χ4n) is 1.45. The molecule has 88 valence electrons. The molecule has 2 aromatic rings. The highest BCUT2D eigenvalue weighted by atomic mass is 32.1. The predicted molar refractivity (Wildman–Crippen MR) is 66.2 cm³/mol. The Bertz CT molecular complexity index is 563. The van der Waals surface area contributed by atoms with Gasteiger partial charge in [-0.2, -0.15) is 0 Å². The summed E-state index contributed by atoms with van der Waals surface area (Å²) in [7, 11) is 1.35. The van der Waals surface area contributed by atoms with Crippen LogP contribution in [0.25, 0.3) is 10.7 Å². The van der Waals surface area contributed by atoms with Gasteiger partial charge in [-0.25, -0.2) is 9.78 Å². The van der Waals surface area contributed by atoms with E-state index in [0.717, 1.165) is 21.1 Å². The van der Waals surface area contributed by atoms with Crippen molar-refractivity contribution in [2.24, 2.45) is 0 Å². The summed E-state index contributed by atoms with van der Waals surface area (Å²) < 4.78 is 4.67. The zero-order chi connectivity index (χ0) is 12.4. The van der Waals surface area contributed by atoms with E-state index in [1.54, 1.807) is 6.20 Å². The van der Waals surface area contributed by atoms with Crippen LogP contribution in [0.1, 0.15) is 20.9 Å². The van der Waals surface area contributed by atoms with Crippen LogP contribution >= 0.6 is 11.3 Å². The molecule has 0 unspecified atom stereocenters. The Morgan fingerprint density at radius 3 is 2.82 bits per heavy atom. The van der Waals surface area contributed by atoms with E-state index in [9.17, 15) is 4.79 Å². The van der Waals surface area contributed by atoms with E-state index in [2.05, 4.69) is 14.7 Å². The molecule has 0 saturated carbocycles. The number of thiazole rings is 1. The summed E-state index contributed by atoms with van der Waals surface area (Å²) in [6.45, 7) is 3.84. The summed E-state index contributed by atoms with van der Waals surface area (Å²) in [5.41, 5.74) is 2.27. The number of methoxy groups -OCH3 is 1. The number of nitrogens with zero attached hydrogens (tertiary/aromatic N) is 2. The molecule has 2 rings (SSSR count). The van der Waals surface area contributed by atoms with Crippen molar-refractivity contribution in [2.45, 2.75) is 13.8 Å². The summed E-state index contributed by atoms with van der Waals surface area (Å²) in [6.07, 6.45) is 1.74. The molecule has 0 amide bonds. The van der Waals surface area contributed by atoms with Crippen molar-refractivity contribution >= 4 is 17.3 Å². The Hall–Kier alpha value is -1.75. The first-order valence-electron chi connectivity index (χ1n) is 5.10. The van der Waals surface area contributed by atoms with E-state index in [-0.39, 0.29) is 0 Å². The van der Waals surface area contributed by atoms with Gasteiger partial charge in [0.2, 0.25) is 0 Å². The number of pyridine rings is 1. The number of hydrogen-bond donors (Lipinski definition) is 0. The molecular weight excluding hydrogens is 236 g/mol. The van der Waals surface area contributed by atoms with Gasteiger partial charge in [0.05, 0.1) is 12.8 Å². The summed E-state index contributed by atoms with van der Waals surface area (Å²) in [4.78, 5) is 20.8. The number of aromatic nitrogens is 2. The fraction of sp³-hybridized carbons (Fsp3) is 0.250. The summed E-state index contributed by atoms with van der Waals surface area (Å²) >= 11 is 1.45. The van der Waals surface area contributed by atoms with Gasteiger partial charge >= 0.3 is 5.97 Å². The van der Waals surface area contributed by atoms with Gasteiger partial charge in [-0.15, -0.1) is 11.3 Å². The van der Waals surface area contributed by atoms with Crippen molar-refractivity contribution in [1.29, 1.82) is 0 Å². The van der Waals surface area contributed by atoms with Crippen molar-refractivity contribution in [1.82, 2.24) is 9.97 Å². The highest BCUT2D eigenvalue weighted by molar-refractivity contribution is 7.15. The van der Waals surface area contributed by atoms with E-state index in [4.69, 9.17) is 0 Å². The quantitative estimate of drug-likeness (QED) is 0.766. The molecule has 0 aliphatic heterocycles. The van der Waals surface area contributed by atoms with Crippen LogP contribution < -0.4 is 0 Å². The molecule has 0 saturated heterocycles. The number of rotatable bonds is 2. The maximum absolute atomic E-state index is 11.4. The second-order valence-corrected chi connectivity index (χ2v) is 4.84. The second-order valence-electron chi connectivity index (χ2n) is 3.63. The number of aryl methyl sites for hydroxylation is 2. The summed E-state index contributed by atoms with van der Waals surface area (Å²) in [6, 6.07) is 3.87. The first-order valence-corrected chi connectivity index (χ1v) is 5.92. The molecular formula is C12H12N2O2S. The number of carbonyl (C=O) groups is 1. The monoisotopic (exact) mass is 248 g/mol. The molecule has 5 heteroatoms. The van der Waals surface area contributed by atoms with Crippen molar-refractivity contribution in [2.75, 3.05) is 7.11 Å². The Morgan fingerprint density at radius 1 is 1.41 bits per heavy atom. The second kappa shape index (κ2) is 4.63. The van der Waals surface area contributed by atoms with E-state index in [0.29, 0.717) is 5.69 Å². The highest BCUT2D eigenvalue weighted by Crippen LogP contribution is 2.26. The zero-order valence-electron chi connectivity index (χ0n) is 9.85. The molecule has 0 aliphatic rings. The largest absolute Gasteiger partial charge is 0.464 e. The molecule has 0 N–H and O–H groups in total. The molecule has 0 aromatic carbocycles. The molecule has 0 atom stereocenters.